The van der Waals surface area contributed by atoms with Crippen molar-refractivity contribution in [2.45, 2.75) is 12.5 Å². The highest BCUT2D eigenvalue weighted by molar-refractivity contribution is 6.40. The first-order valence-corrected chi connectivity index (χ1v) is 8.90. The maximum atomic E-state index is 12.6. The lowest BCUT2D eigenvalue weighted by molar-refractivity contribution is 0.102. The lowest BCUT2D eigenvalue weighted by Crippen LogP contribution is -2.17. The van der Waals surface area contributed by atoms with Gasteiger partial charge in [-0.05, 0) is 30.3 Å². The number of carbonyl (C=O) groups excluding carboxylic acids is 1. The molecule has 1 N–H and O–H groups in total. The van der Waals surface area contributed by atoms with Gasteiger partial charge in [0.25, 0.3) is 5.91 Å². The normalized spacial score (nSPS) is 15.9. The van der Waals surface area contributed by atoms with Crippen LogP contribution in [0.4, 0.5) is 5.69 Å². The third kappa shape index (κ3) is 4.45. The summed E-state index contributed by atoms with van der Waals surface area (Å²) in [6.45, 7) is 1.14. The Balaban J connectivity index is 1.83. The summed E-state index contributed by atoms with van der Waals surface area (Å²) < 4.78 is 16.5. The molecule has 8 heteroatoms. The minimum absolute atomic E-state index is 0.0837. The van der Waals surface area contributed by atoms with E-state index in [1.165, 1.54) is 19.2 Å². The second-order valence-electron chi connectivity index (χ2n) is 5.85. The van der Waals surface area contributed by atoms with Gasteiger partial charge >= 0.3 is 0 Å². The van der Waals surface area contributed by atoms with Gasteiger partial charge in [-0.15, -0.1) is 0 Å². The molecule has 1 atom stereocenters. The quantitative estimate of drug-likeness (QED) is 0.800. The van der Waals surface area contributed by atoms with Crippen LogP contribution in [-0.2, 0) is 4.74 Å². The summed E-state index contributed by atoms with van der Waals surface area (Å²) in [5, 5.41) is 12.0. The fraction of sp³-hybridized carbons (Fsp3) is 0.263. The van der Waals surface area contributed by atoms with Crippen LogP contribution in [0.15, 0.2) is 30.3 Å². The fourth-order valence-electron chi connectivity index (χ4n) is 2.64. The maximum absolute atomic E-state index is 12.6. The average molecular weight is 407 g/mol. The molecule has 0 spiro atoms. The number of hydrogen-bond acceptors (Lipinski definition) is 5. The molecule has 0 saturated carbocycles. The molecule has 1 aliphatic heterocycles. The van der Waals surface area contributed by atoms with Crippen LogP contribution in [0.2, 0.25) is 10.0 Å². The third-order valence-electron chi connectivity index (χ3n) is 4.02. The van der Waals surface area contributed by atoms with Crippen molar-refractivity contribution in [3.8, 4) is 17.6 Å². The Bertz CT molecular complexity index is 882. The molecule has 1 saturated heterocycles. The molecule has 2 aromatic rings. The van der Waals surface area contributed by atoms with Gasteiger partial charge in [-0.2, -0.15) is 5.26 Å². The zero-order chi connectivity index (χ0) is 19.4. The van der Waals surface area contributed by atoms with Crippen LogP contribution >= 0.6 is 23.2 Å². The first-order chi connectivity index (χ1) is 13.0. The van der Waals surface area contributed by atoms with Crippen LogP contribution in [-0.4, -0.2) is 32.3 Å². The zero-order valence-corrected chi connectivity index (χ0v) is 15.9. The highest BCUT2D eigenvalue weighted by Crippen LogP contribution is 2.34. The Morgan fingerprint density at radius 2 is 2.00 bits per heavy atom. The van der Waals surface area contributed by atoms with E-state index >= 15 is 0 Å². The Hall–Kier alpha value is -2.46. The van der Waals surface area contributed by atoms with E-state index in [1.54, 1.807) is 18.2 Å². The van der Waals surface area contributed by atoms with Crippen LogP contribution in [0.3, 0.4) is 0 Å². The van der Waals surface area contributed by atoms with Gasteiger partial charge in [0.1, 0.15) is 6.10 Å². The number of amides is 1. The summed E-state index contributed by atoms with van der Waals surface area (Å²) in [7, 11) is 1.53. The van der Waals surface area contributed by atoms with Gasteiger partial charge in [0.15, 0.2) is 11.5 Å². The molecule has 140 valence electrons. The Morgan fingerprint density at radius 3 is 2.59 bits per heavy atom. The van der Waals surface area contributed by atoms with E-state index in [0.717, 1.165) is 6.42 Å². The Morgan fingerprint density at radius 1 is 1.26 bits per heavy atom. The van der Waals surface area contributed by atoms with Gasteiger partial charge in [-0.1, -0.05) is 23.2 Å². The van der Waals surface area contributed by atoms with Crippen molar-refractivity contribution < 1.29 is 19.0 Å². The molecular weight excluding hydrogens is 391 g/mol. The van der Waals surface area contributed by atoms with Crippen LogP contribution in [0, 0.1) is 11.3 Å². The van der Waals surface area contributed by atoms with Gasteiger partial charge < -0.3 is 19.5 Å². The molecule has 0 aliphatic carbocycles. The minimum Gasteiger partial charge on any atom is -0.493 e. The van der Waals surface area contributed by atoms with E-state index in [9.17, 15) is 4.79 Å². The highest BCUT2D eigenvalue weighted by atomic mass is 35.5. The zero-order valence-electron chi connectivity index (χ0n) is 14.4. The summed E-state index contributed by atoms with van der Waals surface area (Å²) in [6.07, 6.45) is 0.690. The predicted molar refractivity (Wildman–Crippen MR) is 102 cm³/mol. The minimum atomic E-state index is -0.418. The number of rotatable bonds is 5. The molecule has 0 bridgehead atoms. The second-order valence-corrected chi connectivity index (χ2v) is 6.66. The van der Waals surface area contributed by atoms with E-state index in [1.807, 2.05) is 6.07 Å². The van der Waals surface area contributed by atoms with Crippen molar-refractivity contribution in [3.05, 3.63) is 51.5 Å². The highest BCUT2D eigenvalue weighted by Gasteiger charge is 2.21. The molecule has 1 aliphatic rings. The molecular formula is C19H16Cl2N2O4. The lowest BCUT2D eigenvalue weighted by atomic mass is 10.1. The largest absolute Gasteiger partial charge is 0.493 e. The molecule has 1 fully saturated rings. The number of ether oxygens (including phenoxy) is 3. The average Bonchev–Trinajstić information content (AvgIpc) is 3.17. The van der Waals surface area contributed by atoms with E-state index < -0.39 is 5.91 Å². The monoisotopic (exact) mass is 406 g/mol. The van der Waals surface area contributed by atoms with E-state index in [-0.39, 0.29) is 21.8 Å². The van der Waals surface area contributed by atoms with Crippen molar-refractivity contribution in [2.75, 3.05) is 25.6 Å². The van der Waals surface area contributed by atoms with Crippen molar-refractivity contribution >= 4 is 34.8 Å². The van der Waals surface area contributed by atoms with Crippen LogP contribution in [0.1, 0.15) is 22.3 Å². The molecule has 6 nitrogen and oxygen atoms in total. The molecule has 0 aromatic heterocycles. The van der Waals surface area contributed by atoms with E-state index in [4.69, 9.17) is 42.7 Å². The number of nitrogens with zero attached hydrogens (tertiary/aromatic N) is 1. The van der Waals surface area contributed by atoms with E-state index in [2.05, 4.69) is 5.32 Å². The number of methoxy groups -OCH3 is 1. The number of halogens is 2. The lowest BCUT2D eigenvalue weighted by Gasteiger charge is -2.16. The Kier molecular flexibility index (Phi) is 6.07. The van der Waals surface area contributed by atoms with Crippen molar-refractivity contribution in [1.29, 1.82) is 5.26 Å². The smallest absolute Gasteiger partial charge is 0.255 e. The van der Waals surface area contributed by atoms with Gasteiger partial charge in [-0.25, -0.2) is 0 Å². The second kappa shape index (κ2) is 8.49. The van der Waals surface area contributed by atoms with Crippen molar-refractivity contribution in [2.24, 2.45) is 0 Å². The first-order valence-electron chi connectivity index (χ1n) is 8.14. The van der Waals surface area contributed by atoms with Crippen LogP contribution < -0.4 is 14.8 Å². The Labute approximate surface area is 166 Å². The number of carbonyl (C=O) groups is 1. The molecule has 1 unspecified atom stereocenters. The number of nitrogens with one attached hydrogen (secondary N) is 1. The number of benzene rings is 2. The van der Waals surface area contributed by atoms with Gasteiger partial charge in [0, 0.05) is 12.0 Å². The SMILES string of the molecule is COc1ccc(C(=O)Nc2c(Cl)cc(C#N)cc2Cl)cc1OC1CCOC1. The summed E-state index contributed by atoms with van der Waals surface area (Å²) >= 11 is 12.3. The summed E-state index contributed by atoms with van der Waals surface area (Å²) in [4.78, 5) is 12.6. The van der Waals surface area contributed by atoms with Crippen molar-refractivity contribution in [3.63, 3.8) is 0 Å². The molecule has 2 aromatic carbocycles. The molecule has 1 amide bonds. The molecule has 1 heterocycles. The maximum Gasteiger partial charge on any atom is 0.255 e. The van der Waals surface area contributed by atoms with Crippen molar-refractivity contribution in [1.82, 2.24) is 0 Å². The number of hydrogen-bond donors (Lipinski definition) is 1. The predicted octanol–water partition coefficient (Wildman–Crippen LogP) is 4.29. The molecule has 27 heavy (non-hydrogen) atoms. The fourth-order valence-corrected chi connectivity index (χ4v) is 3.22. The van der Waals surface area contributed by atoms with Crippen LogP contribution in [0.5, 0.6) is 11.5 Å². The first kappa shape index (κ1) is 19.3. The van der Waals surface area contributed by atoms with Crippen LogP contribution in [0.25, 0.3) is 0 Å². The topological polar surface area (TPSA) is 80.6 Å². The van der Waals surface area contributed by atoms with E-state index in [0.29, 0.717) is 35.8 Å². The van der Waals surface area contributed by atoms with Gasteiger partial charge in [-0.3, -0.25) is 4.79 Å². The summed E-state index contributed by atoms with van der Waals surface area (Å²) in [5.41, 5.74) is 0.896. The number of anilines is 1. The van der Waals surface area contributed by atoms with Gasteiger partial charge in [0.2, 0.25) is 0 Å². The standard InChI is InChI=1S/C19H16Cl2N2O4/c1-25-16-3-2-12(8-17(16)27-13-4-5-26-10-13)19(24)23-18-14(20)6-11(9-22)7-15(18)21/h2-3,6-8,13H,4-5,10H2,1H3,(H,23,24). The summed E-state index contributed by atoms with van der Waals surface area (Å²) in [6, 6.07) is 9.68. The summed E-state index contributed by atoms with van der Waals surface area (Å²) in [5.74, 6) is 0.559. The van der Waals surface area contributed by atoms with Gasteiger partial charge in [0.05, 0.1) is 47.7 Å². The molecule has 3 rings (SSSR count). The number of nitriles is 1. The third-order valence-corrected chi connectivity index (χ3v) is 4.61. The molecule has 0 radical (unpaired) electrons.